The molecule has 0 spiro atoms. The van der Waals surface area contributed by atoms with E-state index in [0.717, 1.165) is 10.5 Å². The summed E-state index contributed by atoms with van der Waals surface area (Å²) in [7, 11) is 1.44. The van der Waals surface area contributed by atoms with E-state index in [0.29, 0.717) is 12.4 Å². The second kappa shape index (κ2) is 6.01. The monoisotopic (exact) mass is 273 g/mol. The van der Waals surface area contributed by atoms with Crippen LogP contribution in [0.25, 0.3) is 0 Å². The van der Waals surface area contributed by atoms with Crippen LogP contribution in [0.5, 0.6) is 0 Å². The van der Waals surface area contributed by atoms with Crippen molar-refractivity contribution < 1.29 is 14.7 Å². The van der Waals surface area contributed by atoms with E-state index in [1.165, 1.54) is 7.05 Å². The molecule has 0 aliphatic rings. The summed E-state index contributed by atoms with van der Waals surface area (Å²) in [6.07, 6.45) is 3.44. The number of carbonyl (C=O) groups excluding carboxylic acids is 1. The van der Waals surface area contributed by atoms with E-state index in [4.69, 9.17) is 5.11 Å². The number of benzene rings is 1. The first-order chi connectivity index (χ1) is 9.58. The van der Waals surface area contributed by atoms with Gasteiger partial charge in [0.25, 0.3) is 0 Å². The van der Waals surface area contributed by atoms with Crippen molar-refractivity contribution >= 4 is 11.9 Å². The number of amides is 1. The van der Waals surface area contributed by atoms with Gasteiger partial charge in [-0.25, -0.2) is 9.78 Å². The molecule has 0 unspecified atom stereocenters. The van der Waals surface area contributed by atoms with E-state index < -0.39 is 11.9 Å². The third-order valence-corrected chi connectivity index (χ3v) is 2.91. The second-order valence-electron chi connectivity index (χ2n) is 4.42. The van der Waals surface area contributed by atoms with E-state index in [1.54, 1.807) is 12.4 Å². The summed E-state index contributed by atoms with van der Waals surface area (Å²) in [6.45, 7) is 0.788. The van der Waals surface area contributed by atoms with Crippen LogP contribution < -0.4 is 0 Å². The van der Waals surface area contributed by atoms with Crippen LogP contribution in [0.3, 0.4) is 0 Å². The normalized spacial score (nSPS) is 10.2. The lowest BCUT2D eigenvalue weighted by Crippen LogP contribution is -2.33. The minimum atomic E-state index is -1.46. The van der Waals surface area contributed by atoms with Gasteiger partial charge in [0.1, 0.15) is 5.82 Å². The number of carboxylic acid groups (broad SMARTS) is 1. The first-order valence-corrected chi connectivity index (χ1v) is 6.10. The predicted molar refractivity (Wildman–Crippen MR) is 71.9 cm³/mol. The molecule has 0 aliphatic heterocycles. The number of hydrogen-bond donors (Lipinski definition) is 1. The fourth-order valence-electron chi connectivity index (χ4n) is 1.86. The predicted octanol–water partition coefficient (Wildman–Crippen LogP) is 0.974. The van der Waals surface area contributed by atoms with Gasteiger partial charge in [-0.3, -0.25) is 4.79 Å². The van der Waals surface area contributed by atoms with Gasteiger partial charge in [0.15, 0.2) is 0 Å². The highest BCUT2D eigenvalue weighted by Crippen LogP contribution is 2.07. The summed E-state index contributed by atoms with van der Waals surface area (Å²) in [5, 5.41) is 8.67. The van der Waals surface area contributed by atoms with Crippen molar-refractivity contribution in [3.05, 3.63) is 54.1 Å². The maximum atomic E-state index is 11.3. The molecule has 0 aliphatic carbocycles. The third-order valence-electron chi connectivity index (χ3n) is 2.91. The van der Waals surface area contributed by atoms with Crippen LogP contribution in [0, 0.1) is 0 Å². The lowest BCUT2D eigenvalue weighted by Gasteiger charge is -2.15. The van der Waals surface area contributed by atoms with Crippen molar-refractivity contribution in [2.24, 2.45) is 0 Å². The molecule has 1 N–H and O–H groups in total. The summed E-state index contributed by atoms with van der Waals surface area (Å²) in [5.74, 6) is -1.76. The van der Waals surface area contributed by atoms with Crippen LogP contribution in [0.4, 0.5) is 0 Å². The summed E-state index contributed by atoms with van der Waals surface area (Å²) in [6, 6.07) is 9.83. The number of carbonyl (C=O) groups is 2. The molecular formula is C14H15N3O3. The van der Waals surface area contributed by atoms with Gasteiger partial charge in [0, 0.05) is 26.0 Å². The van der Waals surface area contributed by atoms with Crippen LogP contribution in [-0.2, 0) is 22.7 Å². The topological polar surface area (TPSA) is 75.4 Å². The molecule has 1 amide bonds. The van der Waals surface area contributed by atoms with Crippen LogP contribution >= 0.6 is 0 Å². The lowest BCUT2D eigenvalue weighted by molar-refractivity contribution is -0.155. The van der Waals surface area contributed by atoms with Crippen molar-refractivity contribution in [2.45, 2.75) is 13.1 Å². The molecule has 0 saturated heterocycles. The molecular weight excluding hydrogens is 258 g/mol. The number of imidazole rings is 1. The van der Waals surface area contributed by atoms with Gasteiger partial charge in [-0.05, 0) is 5.56 Å². The Kier molecular flexibility index (Phi) is 4.14. The van der Waals surface area contributed by atoms with E-state index in [-0.39, 0.29) is 6.54 Å². The zero-order chi connectivity index (χ0) is 14.5. The quantitative estimate of drug-likeness (QED) is 0.842. The zero-order valence-corrected chi connectivity index (χ0v) is 11.1. The van der Waals surface area contributed by atoms with Crippen molar-refractivity contribution in [1.29, 1.82) is 0 Å². The Morgan fingerprint density at radius 2 is 2.00 bits per heavy atom. The van der Waals surface area contributed by atoms with Gasteiger partial charge in [-0.1, -0.05) is 30.3 Å². The minimum Gasteiger partial charge on any atom is -0.474 e. The molecule has 0 radical (unpaired) electrons. The van der Waals surface area contributed by atoms with Gasteiger partial charge in [-0.15, -0.1) is 0 Å². The van der Waals surface area contributed by atoms with Gasteiger partial charge >= 0.3 is 11.9 Å². The van der Waals surface area contributed by atoms with E-state index in [1.807, 2.05) is 34.9 Å². The SMILES string of the molecule is CN(Cc1nccn1Cc1ccccc1)C(=O)C(=O)O. The molecule has 6 nitrogen and oxygen atoms in total. The molecule has 20 heavy (non-hydrogen) atoms. The fourth-order valence-corrected chi connectivity index (χ4v) is 1.86. The van der Waals surface area contributed by atoms with E-state index in [2.05, 4.69) is 4.98 Å². The van der Waals surface area contributed by atoms with Crippen LogP contribution in [-0.4, -0.2) is 38.5 Å². The Morgan fingerprint density at radius 3 is 2.65 bits per heavy atom. The van der Waals surface area contributed by atoms with Crippen molar-refractivity contribution in [2.75, 3.05) is 7.05 Å². The van der Waals surface area contributed by atoms with E-state index >= 15 is 0 Å². The van der Waals surface area contributed by atoms with Crippen LogP contribution in [0.15, 0.2) is 42.7 Å². The Bertz CT molecular complexity index is 607. The summed E-state index contributed by atoms with van der Waals surface area (Å²) < 4.78 is 1.89. The number of likely N-dealkylation sites (N-methyl/N-ethyl adjacent to an activating group) is 1. The molecule has 0 saturated carbocycles. The standard InChI is InChI=1S/C14H15N3O3/c1-16(13(18)14(19)20)10-12-15-7-8-17(12)9-11-5-3-2-4-6-11/h2-8H,9-10H2,1H3,(H,19,20). The Morgan fingerprint density at radius 1 is 1.30 bits per heavy atom. The molecule has 104 valence electrons. The molecule has 1 aromatic carbocycles. The number of rotatable bonds is 4. The summed E-state index contributed by atoms with van der Waals surface area (Å²) in [4.78, 5) is 27.3. The molecule has 1 heterocycles. The Balaban J connectivity index is 2.09. The number of aromatic nitrogens is 2. The molecule has 6 heteroatoms. The Labute approximate surface area is 116 Å². The van der Waals surface area contributed by atoms with Crippen molar-refractivity contribution in [3.63, 3.8) is 0 Å². The number of carboxylic acids is 1. The second-order valence-corrected chi connectivity index (χ2v) is 4.42. The van der Waals surface area contributed by atoms with Gasteiger partial charge < -0.3 is 14.6 Å². The molecule has 0 bridgehead atoms. The lowest BCUT2D eigenvalue weighted by atomic mass is 10.2. The molecule has 2 rings (SSSR count). The first-order valence-electron chi connectivity index (χ1n) is 6.10. The maximum absolute atomic E-state index is 11.3. The van der Waals surface area contributed by atoms with Crippen molar-refractivity contribution in [3.8, 4) is 0 Å². The number of nitrogens with zero attached hydrogens (tertiary/aromatic N) is 3. The average Bonchev–Trinajstić information content (AvgIpc) is 2.86. The van der Waals surface area contributed by atoms with E-state index in [9.17, 15) is 9.59 Å². The molecule has 0 atom stereocenters. The van der Waals surface area contributed by atoms with Gasteiger partial charge in [0.05, 0.1) is 6.54 Å². The van der Waals surface area contributed by atoms with Crippen molar-refractivity contribution in [1.82, 2.24) is 14.5 Å². The van der Waals surface area contributed by atoms with Crippen LogP contribution in [0.1, 0.15) is 11.4 Å². The van der Waals surface area contributed by atoms with Crippen LogP contribution in [0.2, 0.25) is 0 Å². The smallest absolute Gasteiger partial charge is 0.394 e. The highest BCUT2D eigenvalue weighted by Gasteiger charge is 2.18. The third kappa shape index (κ3) is 3.23. The largest absolute Gasteiger partial charge is 0.474 e. The number of aliphatic carboxylic acids is 1. The molecule has 0 fully saturated rings. The maximum Gasteiger partial charge on any atom is 0.394 e. The molecule has 2 aromatic rings. The average molecular weight is 273 g/mol. The zero-order valence-electron chi connectivity index (χ0n) is 11.1. The minimum absolute atomic E-state index is 0.158. The summed E-state index contributed by atoms with van der Waals surface area (Å²) in [5.41, 5.74) is 1.11. The molecule has 1 aromatic heterocycles. The highest BCUT2D eigenvalue weighted by molar-refractivity contribution is 6.31. The highest BCUT2D eigenvalue weighted by atomic mass is 16.4. The van der Waals surface area contributed by atoms with Gasteiger partial charge in [-0.2, -0.15) is 0 Å². The number of hydrogen-bond acceptors (Lipinski definition) is 3. The summed E-state index contributed by atoms with van der Waals surface area (Å²) >= 11 is 0. The first kappa shape index (κ1) is 13.8. The Hall–Kier alpha value is -2.63. The fraction of sp³-hybridized carbons (Fsp3) is 0.214. The van der Waals surface area contributed by atoms with Gasteiger partial charge in [0.2, 0.25) is 0 Å².